The molecule has 22 heavy (non-hydrogen) atoms. The van der Waals surface area contributed by atoms with Gasteiger partial charge in [0.15, 0.2) is 0 Å². The van der Waals surface area contributed by atoms with Gasteiger partial charge in [0.25, 0.3) is 5.91 Å². The van der Waals surface area contributed by atoms with Crippen molar-refractivity contribution in [3.8, 4) is 0 Å². The lowest BCUT2D eigenvalue weighted by molar-refractivity contribution is 0.103. The minimum Gasteiger partial charge on any atom is -0.423 e. The van der Waals surface area contributed by atoms with E-state index in [1.54, 1.807) is 18.2 Å². The molecule has 3 aromatic rings. The maximum atomic E-state index is 12.2. The summed E-state index contributed by atoms with van der Waals surface area (Å²) in [5.41, 5.74) is 1.47. The lowest BCUT2D eigenvalue weighted by atomic mass is 10.1. The van der Waals surface area contributed by atoms with Gasteiger partial charge in [0.2, 0.25) is 0 Å². The van der Waals surface area contributed by atoms with Gasteiger partial charge in [-0.1, -0.05) is 0 Å². The largest absolute Gasteiger partial charge is 0.423 e. The van der Waals surface area contributed by atoms with E-state index in [1.807, 2.05) is 13.0 Å². The molecule has 0 saturated heterocycles. The second-order valence-corrected chi connectivity index (χ2v) is 7.87. The zero-order valence-electron chi connectivity index (χ0n) is 11.3. The van der Waals surface area contributed by atoms with E-state index in [2.05, 4.69) is 37.2 Å². The molecular formula is C15H9Br2NO3S. The van der Waals surface area contributed by atoms with Gasteiger partial charge in [-0.3, -0.25) is 4.79 Å². The highest BCUT2D eigenvalue weighted by atomic mass is 79.9. The van der Waals surface area contributed by atoms with Crippen molar-refractivity contribution in [2.45, 2.75) is 6.92 Å². The van der Waals surface area contributed by atoms with Gasteiger partial charge in [-0.25, -0.2) is 4.79 Å². The molecule has 0 atom stereocenters. The van der Waals surface area contributed by atoms with Crippen LogP contribution >= 0.6 is 43.2 Å². The summed E-state index contributed by atoms with van der Waals surface area (Å²) in [4.78, 5) is 24.2. The van der Waals surface area contributed by atoms with Crippen LogP contribution < -0.4 is 10.9 Å². The fraction of sp³-hybridized carbons (Fsp3) is 0.0667. The maximum absolute atomic E-state index is 12.2. The normalized spacial score (nSPS) is 10.9. The summed E-state index contributed by atoms with van der Waals surface area (Å²) in [7, 11) is 0. The van der Waals surface area contributed by atoms with Crippen LogP contribution in [0.4, 0.5) is 5.69 Å². The Balaban J connectivity index is 1.94. The molecule has 3 rings (SSSR count). The Bertz CT molecular complexity index is 926. The molecule has 0 radical (unpaired) electrons. The molecule has 0 spiro atoms. The third kappa shape index (κ3) is 3.02. The highest BCUT2D eigenvalue weighted by Crippen LogP contribution is 2.32. The Morgan fingerprint density at radius 1 is 1.23 bits per heavy atom. The standard InChI is InChI=1S/C15H9Br2NO3S/c1-7-4-13(19)21-11-5-8(2-3-9(7)11)18-15(20)12-6-10(16)14(17)22-12/h2-6H,1H3,(H,18,20). The predicted molar refractivity (Wildman–Crippen MR) is 94.9 cm³/mol. The molecule has 2 heterocycles. The first-order valence-electron chi connectivity index (χ1n) is 6.25. The van der Waals surface area contributed by atoms with Crippen LogP contribution in [0, 0.1) is 6.92 Å². The first kappa shape index (κ1) is 15.5. The Morgan fingerprint density at radius 2 is 2.00 bits per heavy atom. The summed E-state index contributed by atoms with van der Waals surface area (Å²) in [6.07, 6.45) is 0. The second-order valence-electron chi connectivity index (χ2n) is 4.65. The molecule has 0 aliphatic rings. The highest BCUT2D eigenvalue weighted by molar-refractivity contribution is 9.13. The van der Waals surface area contributed by atoms with Gasteiger partial charge in [-0.05, 0) is 62.5 Å². The molecule has 1 aromatic carbocycles. The number of nitrogens with one attached hydrogen (secondary N) is 1. The monoisotopic (exact) mass is 441 g/mol. The van der Waals surface area contributed by atoms with E-state index in [-0.39, 0.29) is 5.91 Å². The van der Waals surface area contributed by atoms with Crippen LogP contribution in [0.5, 0.6) is 0 Å². The lowest BCUT2D eigenvalue weighted by Crippen LogP contribution is -2.10. The number of amides is 1. The number of halogens is 2. The third-order valence-corrected chi connectivity index (χ3v) is 6.33. The van der Waals surface area contributed by atoms with Gasteiger partial charge in [0.05, 0.1) is 8.66 Å². The Morgan fingerprint density at radius 3 is 2.68 bits per heavy atom. The SMILES string of the molecule is Cc1cc(=O)oc2cc(NC(=O)c3cc(Br)c(Br)s3)ccc12. The Kier molecular flexibility index (Phi) is 4.20. The van der Waals surface area contributed by atoms with Crippen molar-refractivity contribution in [1.82, 2.24) is 0 Å². The molecule has 0 bridgehead atoms. The number of benzene rings is 1. The molecule has 0 saturated carbocycles. The van der Waals surface area contributed by atoms with Gasteiger partial charge in [-0.2, -0.15) is 0 Å². The topological polar surface area (TPSA) is 59.3 Å². The summed E-state index contributed by atoms with van der Waals surface area (Å²) >= 11 is 8.05. The molecule has 7 heteroatoms. The predicted octanol–water partition coefficient (Wildman–Crippen LogP) is 4.94. The molecule has 4 nitrogen and oxygen atoms in total. The van der Waals surface area contributed by atoms with Gasteiger partial charge < -0.3 is 9.73 Å². The minimum atomic E-state index is -0.403. The lowest BCUT2D eigenvalue weighted by Gasteiger charge is -2.05. The minimum absolute atomic E-state index is 0.217. The number of thiophene rings is 1. The van der Waals surface area contributed by atoms with Crippen LogP contribution in [-0.2, 0) is 0 Å². The van der Waals surface area contributed by atoms with Crippen molar-refractivity contribution < 1.29 is 9.21 Å². The second kappa shape index (κ2) is 5.98. The average Bonchev–Trinajstić information content (AvgIpc) is 2.78. The number of anilines is 1. The van der Waals surface area contributed by atoms with E-state index >= 15 is 0 Å². The van der Waals surface area contributed by atoms with E-state index < -0.39 is 5.63 Å². The van der Waals surface area contributed by atoms with Crippen LogP contribution in [0.25, 0.3) is 11.0 Å². The molecular weight excluding hydrogens is 434 g/mol. The molecule has 0 unspecified atom stereocenters. The van der Waals surface area contributed by atoms with Crippen LogP contribution in [-0.4, -0.2) is 5.91 Å². The smallest absolute Gasteiger partial charge is 0.336 e. The van der Waals surface area contributed by atoms with E-state index in [0.29, 0.717) is 16.1 Å². The van der Waals surface area contributed by atoms with Gasteiger partial charge in [-0.15, -0.1) is 11.3 Å². The number of hydrogen-bond acceptors (Lipinski definition) is 4. The molecule has 112 valence electrons. The first-order chi connectivity index (χ1) is 10.4. The van der Waals surface area contributed by atoms with Crippen molar-refractivity contribution in [2.75, 3.05) is 5.32 Å². The van der Waals surface area contributed by atoms with E-state index in [9.17, 15) is 9.59 Å². The molecule has 0 aliphatic carbocycles. The third-order valence-electron chi connectivity index (χ3n) is 3.08. The fourth-order valence-electron chi connectivity index (χ4n) is 2.05. The van der Waals surface area contributed by atoms with Crippen molar-refractivity contribution in [3.05, 3.63) is 59.5 Å². The van der Waals surface area contributed by atoms with E-state index in [0.717, 1.165) is 19.2 Å². The quantitative estimate of drug-likeness (QED) is 0.571. The zero-order valence-corrected chi connectivity index (χ0v) is 15.3. The van der Waals surface area contributed by atoms with Crippen LogP contribution in [0.1, 0.15) is 15.2 Å². The highest BCUT2D eigenvalue weighted by Gasteiger charge is 2.13. The maximum Gasteiger partial charge on any atom is 0.336 e. The molecule has 1 amide bonds. The summed E-state index contributed by atoms with van der Waals surface area (Å²) in [5, 5.41) is 3.64. The molecule has 2 aromatic heterocycles. The van der Waals surface area contributed by atoms with Crippen LogP contribution in [0.15, 0.2) is 47.8 Å². The van der Waals surface area contributed by atoms with E-state index in [1.165, 1.54) is 17.4 Å². The number of aryl methyl sites for hydroxylation is 1. The van der Waals surface area contributed by atoms with Crippen LogP contribution in [0.3, 0.4) is 0 Å². The van der Waals surface area contributed by atoms with Gasteiger partial charge in [0.1, 0.15) is 5.58 Å². The summed E-state index contributed by atoms with van der Waals surface area (Å²) in [6, 6.07) is 8.45. The Hall–Kier alpha value is -1.44. The first-order valence-corrected chi connectivity index (χ1v) is 8.65. The summed E-state index contributed by atoms with van der Waals surface area (Å²) in [6.45, 7) is 1.85. The van der Waals surface area contributed by atoms with Crippen LogP contribution in [0.2, 0.25) is 0 Å². The van der Waals surface area contributed by atoms with Crippen molar-refractivity contribution in [2.24, 2.45) is 0 Å². The van der Waals surface area contributed by atoms with Gasteiger partial charge in [0, 0.05) is 27.7 Å². The van der Waals surface area contributed by atoms with Gasteiger partial charge >= 0.3 is 5.63 Å². The summed E-state index contributed by atoms with van der Waals surface area (Å²) in [5.74, 6) is -0.217. The number of carbonyl (C=O) groups excluding carboxylic acids is 1. The summed E-state index contributed by atoms with van der Waals surface area (Å²) < 4.78 is 6.87. The number of hydrogen-bond donors (Lipinski definition) is 1. The molecule has 0 aliphatic heterocycles. The average molecular weight is 443 g/mol. The van der Waals surface area contributed by atoms with E-state index in [4.69, 9.17) is 4.42 Å². The molecule has 1 N–H and O–H groups in total. The van der Waals surface area contributed by atoms with Crippen molar-refractivity contribution in [1.29, 1.82) is 0 Å². The number of rotatable bonds is 2. The Labute approximate surface area is 146 Å². The number of fused-ring (bicyclic) bond motifs is 1. The fourth-order valence-corrected chi connectivity index (χ4v) is 3.98. The van der Waals surface area contributed by atoms with Crippen molar-refractivity contribution >= 4 is 65.8 Å². The zero-order chi connectivity index (χ0) is 15.9. The molecule has 0 fully saturated rings. The number of carbonyl (C=O) groups is 1. The van der Waals surface area contributed by atoms with Crippen molar-refractivity contribution in [3.63, 3.8) is 0 Å².